The Bertz CT molecular complexity index is 716. The number of anilines is 1. The van der Waals surface area contributed by atoms with Crippen LogP contribution in [0.25, 0.3) is 0 Å². The first-order chi connectivity index (χ1) is 9.86. The number of hydrogen-bond acceptors (Lipinski definition) is 4. The van der Waals surface area contributed by atoms with Gasteiger partial charge in [0.15, 0.2) is 10.7 Å². The molecule has 1 aromatic heterocycles. The lowest BCUT2D eigenvalue weighted by molar-refractivity contribution is 0.390. The van der Waals surface area contributed by atoms with Crippen LogP contribution in [-0.4, -0.2) is 13.6 Å². The number of rotatable bonds is 5. The number of nitrogens with zero attached hydrogens (tertiary/aromatic N) is 1. The fourth-order valence-electron chi connectivity index (χ4n) is 2.29. The first kappa shape index (κ1) is 15.6. The zero-order valence-electron chi connectivity index (χ0n) is 12.7. The molecule has 0 spiro atoms. The Hall–Kier alpha value is -1.82. The van der Waals surface area contributed by atoms with E-state index in [-0.39, 0.29) is 10.8 Å². The number of sulfonamides is 1. The second kappa shape index (κ2) is 5.89. The highest BCUT2D eigenvalue weighted by atomic mass is 32.2. The van der Waals surface area contributed by atoms with E-state index in [9.17, 15) is 8.42 Å². The number of benzene rings is 1. The predicted octanol–water partition coefficient (Wildman–Crippen LogP) is 3.61. The second-order valence-corrected chi connectivity index (χ2v) is 6.77. The Morgan fingerprint density at radius 3 is 2.52 bits per heavy atom. The van der Waals surface area contributed by atoms with Gasteiger partial charge in [-0.3, -0.25) is 4.72 Å². The minimum atomic E-state index is -3.70. The molecular weight excluding hydrogens is 288 g/mol. The molecule has 2 aromatic rings. The summed E-state index contributed by atoms with van der Waals surface area (Å²) in [6, 6.07) is 7.45. The monoisotopic (exact) mass is 308 g/mol. The average molecular weight is 308 g/mol. The molecule has 1 atom stereocenters. The van der Waals surface area contributed by atoms with E-state index in [1.165, 1.54) is 0 Å². The van der Waals surface area contributed by atoms with E-state index in [2.05, 4.69) is 23.7 Å². The fraction of sp³-hybridized carbons (Fsp3) is 0.400. The van der Waals surface area contributed by atoms with E-state index in [4.69, 9.17) is 4.52 Å². The lowest BCUT2D eigenvalue weighted by atomic mass is 9.97. The largest absolute Gasteiger partial charge is 0.360 e. The summed E-state index contributed by atoms with van der Waals surface area (Å²) >= 11 is 0. The molecule has 0 aliphatic rings. The van der Waals surface area contributed by atoms with E-state index in [1.54, 1.807) is 19.9 Å². The van der Waals surface area contributed by atoms with Crippen LogP contribution in [0.5, 0.6) is 0 Å². The Labute approximate surface area is 125 Å². The van der Waals surface area contributed by atoms with E-state index < -0.39 is 10.0 Å². The standard InChI is InChI=1S/C15H20N2O3S/c1-5-10(2)13-8-6-7-9-14(13)17-21(18,19)15-11(3)16-20-12(15)4/h6-10,17H,5H2,1-4H3/t10-/m0/s1. The molecular formula is C15H20N2O3S. The van der Waals surface area contributed by atoms with Gasteiger partial charge in [-0.25, -0.2) is 8.42 Å². The van der Waals surface area contributed by atoms with Crippen molar-refractivity contribution in [3.05, 3.63) is 41.3 Å². The first-order valence-corrected chi connectivity index (χ1v) is 8.39. The molecule has 21 heavy (non-hydrogen) atoms. The van der Waals surface area contributed by atoms with E-state index in [0.29, 0.717) is 17.1 Å². The lowest BCUT2D eigenvalue weighted by Crippen LogP contribution is -2.16. The molecule has 114 valence electrons. The third-order valence-corrected chi connectivity index (χ3v) is 5.19. The van der Waals surface area contributed by atoms with Crippen LogP contribution in [0, 0.1) is 13.8 Å². The molecule has 5 nitrogen and oxygen atoms in total. The molecule has 6 heteroatoms. The van der Waals surface area contributed by atoms with Crippen LogP contribution < -0.4 is 4.72 Å². The minimum Gasteiger partial charge on any atom is -0.360 e. The number of para-hydroxylation sites is 1. The third-order valence-electron chi connectivity index (χ3n) is 3.59. The molecule has 0 bridgehead atoms. The molecule has 0 saturated heterocycles. The quantitative estimate of drug-likeness (QED) is 0.916. The highest BCUT2D eigenvalue weighted by molar-refractivity contribution is 7.92. The molecule has 0 radical (unpaired) electrons. The van der Waals surface area contributed by atoms with E-state index in [0.717, 1.165) is 12.0 Å². The molecule has 1 aromatic carbocycles. The van der Waals surface area contributed by atoms with Crippen LogP contribution in [0.4, 0.5) is 5.69 Å². The van der Waals surface area contributed by atoms with Gasteiger partial charge in [0.1, 0.15) is 5.69 Å². The zero-order valence-corrected chi connectivity index (χ0v) is 13.5. The molecule has 2 rings (SSSR count). The average Bonchev–Trinajstić information content (AvgIpc) is 2.78. The maximum atomic E-state index is 12.6. The SMILES string of the molecule is CC[C@H](C)c1ccccc1NS(=O)(=O)c1c(C)noc1C. The van der Waals surface area contributed by atoms with Gasteiger partial charge in [-0.05, 0) is 37.8 Å². The van der Waals surface area contributed by atoms with Crippen LogP contribution in [0.1, 0.15) is 43.2 Å². The van der Waals surface area contributed by atoms with E-state index in [1.807, 2.05) is 18.2 Å². The first-order valence-electron chi connectivity index (χ1n) is 6.91. The van der Waals surface area contributed by atoms with Crippen molar-refractivity contribution in [3.63, 3.8) is 0 Å². The fourth-order valence-corrected chi connectivity index (χ4v) is 3.71. The van der Waals surface area contributed by atoms with Gasteiger partial charge in [-0.15, -0.1) is 0 Å². The van der Waals surface area contributed by atoms with Gasteiger partial charge < -0.3 is 4.52 Å². The van der Waals surface area contributed by atoms with Crippen molar-refractivity contribution < 1.29 is 12.9 Å². The van der Waals surface area contributed by atoms with Gasteiger partial charge in [0.05, 0.1) is 5.69 Å². The van der Waals surface area contributed by atoms with Crippen LogP contribution in [-0.2, 0) is 10.0 Å². The Morgan fingerprint density at radius 1 is 1.29 bits per heavy atom. The summed E-state index contributed by atoms with van der Waals surface area (Å²) in [7, 11) is -3.70. The lowest BCUT2D eigenvalue weighted by Gasteiger charge is -2.16. The van der Waals surface area contributed by atoms with Crippen LogP contribution in [0.15, 0.2) is 33.7 Å². The number of aromatic nitrogens is 1. The summed E-state index contributed by atoms with van der Waals surface area (Å²) in [5, 5.41) is 3.70. The van der Waals surface area contributed by atoms with Crippen molar-refractivity contribution >= 4 is 15.7 Å². The molecule has 0 aliphatic carbocycles. The Morgan fingerprint density at radius 2 is 1.95 bits per heavy atom. The summed E-state index contributed by atoms with van der Waals surface area (Å²) < 4.78 is 32.7. The van der Waals surface area contributed by atoms with Gasteiger partial charge in [0.25, 0.3) is 10.0 Å². The predicted molar refractivity (Wildman–Crippen MR) is 81.9 cm³/mol. The maximum Gasteiger partial charge on any atom is 0.267 e. The van der Waals surface area contributed by atoms with Crippen molar-refractivity contribution in [2.24, 2.45) is 0 Å². The third kappa shape index (κ3) is 3.10. The molecule has 0 unspecified atom stereocenters. The van der Waals surface area contributed by atoms with Gasteiger partial charge in [-0.1, -0.05) is 37.2 Å². The van der Waals surface area contributed by atoms with Crippen LogP contribution in [0.2, 0.25) is 0 Å². The molecule has 0 amide bonds. The molecule has 1 N–H and O–H groups in total. The summed E-state index contributed by atoms with van der Waals surface area (Å²) in [6.45, 7) is 7.36. The maximum absolute atomic E-state index is 12.6. The van der Waals surface area contributed by atoms with Gasteiger partial charge in [0.2, 0.25) is 0 Å². The van der Waals surface area contributed by atoms with Crippen LogP contribution >= 0.6 is 0 Å². The van der Waals surface area contributed by atoms with E-state index >= 15 is 0 Å². The molecule has 0 saturated carbocycles. The molecule has 0 aliphatic heterocycles. The van der Waals surface area contributed by atoms with Crippen molar-refractivity contribution in [2.75, 3.05) is 4.72 Å². The number of aryl methyl sites for hydroxylation is 2. The number of nitrogens with one attached hydrogen (secondary N) is 1. The number of hydrogen-bond donors (Lipinski definition) is 1. The molecule has 0 fully saturated rings. The van der Waals surface area contributed by atoms with Crippen LogP contribution in [0.3, 0.4) is 0 Å². The summed E-state index contributed by atoms with van der Waals surface area (Å²) in [5.41, 5.74) is 1.95. The van der Waals surface area contributed by atoms with Crippen molar-refractivity contribution in [3.8, 4) is 0 Å². The van der Waals surface area contributed by atoms with Gasteiger partial charge in [0, 0.05) is 0 Å². The van der Waals surface area contributed by atoms with Crippen molar-refractivity contribution in [1.29, 1.82) is 0 Å². The smallest absolute Gasteiger partial charge is 0.267 e. The summed E-state index contributed by atoms with van der Waals surface area (Å²) in [5.74, 6) is 0.564. The summed E-state index contributed by atoms with van der Waals surface area (Å²) in [4.78, 5) is 0.112. The van der Waals surface area contributed by atoms with Gasteiger partial charge >= 0.3 is 0 Å². The molecule has 1 heterocycles. The summed E-state index contributed by atoms with van der Waals surface area (Å²) in [6.07, 6.45) is 0.935. The Balaban J connectivity index is 2.43. The topological polar surface area (TPSA) is 72.2 Å². The highest BCUT2D eigenvalue weighted by Crippen LogP contribution is 2.29. The normalized spacial score (nSPS) is 13.1. The van der Waals surface area contributed by atoms with Gasteiger partial charge in [-0.2, -0.15) is 0 Å². The second-order valence-electron chi connectivity index (χ2n) is 5.16. The Kier molecular flexibility index (Phi) is 4.37. The minimum absolute atomic E-state index is 0.112. The zero-order chi connectivity index (χ0) is 15.6. The van der Waals surface area contributed by atoms with Crippen molar-refractivity contribution in [2.45, 2.75) is 44.9 Å². The van der Waals surface area contributed by atoms with Crippen molar-refractivity contribution in [1.82, 2.24) is 5.16 Å². The highest BCUT2D eigenvalue weighted by Gasteiger charge is 2.25.